The van der Waals surface area contributed by atoms with Crippen LogP contribution in [0.2, 0.25) is 0 Å². The summed E-state index contributed by atoms with van der Waals surface area (Å²) < 4.78 is 0. The molecule has 1 aromatic heterocycles. The molecule has 0 radical (unpaired) electrons. The molecule has 0 amide bonds. The molecule has 0 atom stereocenters. The third-order valence-electron chi connectivity index (χ3n) is 3.54. The number of hydrogen-bond donors (Lipinski definition) is 2. The van der Waals surface area contributed by atoms with Crippen LogP contribution < -0.4 is 10.6 Å². The molecule has 5 nitrogen and oxygen atoms in total. The van der Waals surface area contributed by atoms with Gasteiger partial charge in [-0.2, -0.15) is 0 Å². The third kappa shape index (κ3) is 3.16. The number of rotatable bonds is 5. The highest BCUT2D eigenvalue weighted by atomic mass is 16.4. The maximum absolute atomic E-state index is 8.96. The lowest BCUT2D eigenvalue weighted by atomic mass is 10.1. The molecule has 0 aliphatic carbocycles. The van der Waals surface area contributed by atoms with Gasteiger partial charge >= 0.3 is 0 Å². The first-order valence-electron chi connectivity index (χ1n) is 6.65. The molecule has 0 fully saturated rings. The zero-order valence-corrected chi connectivity index (χ0v) is 12.4. The average Bonchev–Trinajstić information content (AvgIpc) is 2.38. The highest BCUT2D eigenvalue weighted by molar-refractivity contribution is 6.03. The van der Waals surface area contributed by atoms with Gasteiger partial charge in [0, 0.05) is 18.8 Å². The van der Waals surface area contributed by atoms with Gasteiger partial charge in [0.1, 0.15) is 0 Å². The zero-order chi connectivity index (χ0) is 14.6. The van der Waals surface area contributed by atoms with Gasteiger partial charge in [0.15, 0.2) is 5.84 Å². The van der Waals surface area contributed by atoms with E-state index in [1.54, 1.807) is 0 Å². The van der Waals surface area contributed by atoms with E-state index in [1.165, 1.54) is 0 Å². The van der Waals surface area contributed by atoms with Crippen molar-refractivity contribution in [3.8, 4) is 0 Å². The number of anilines is 1. The zero-order valence-electron chi connectivity index (χ0n) is 12.4. The van der Waals surface area contributed by atoms with Crippen molar-refractivity contribution >= 4 is 11.5 Å². The normalized spacial score (nSPS) is 12.0. The van der Waals surface area contributed by atoms with Crippen LogP contribution in [0.5, 0.6) is 0 Å². The standard InChI is InChI=1S/C14H24N4O/c1-6-11(7-2)18(5)12-8-9(3)16-10(4)13(12)14(15)17-19/h8,11,19H,6-7H2,1-5H3,(H2,15,17). The largest absolute Gasteiger partial charge is 0.409 e. The van der Waals surface area contributed by atoms with Gasteiger partial charge in [0.05, 0.1) is 16.9 Å². The molecule has 3 N–H and O–H groups in total. The first-order chi connectivity index (χ1) is 8.96. The second-order valence-corrected chi connectivity index (χ2v) is 4.81. The molecule has 0 saturated heterocycles. The van der Waals surface area contributed by atoms with Gasteiger partial charge in [-0.1, -0.05) is 19.0 Å². The Labute approximate surface area is 115 Å². The molecule has 5 heteroatoms. The van der Waals surface area contributed by atoms with E-state index in [9.17, 15) is 0 Å². The fourth-order valence-corrected chi connectivity index (χ4v) is 2.49. The van der Waals surface area contributed by atoms with E-state index in [1.807, 2.05) is 27.0 Å². The van der Waals surface area contributed by atoms with Gasteiger partial charge in [-0.15, -0.1) is 0 Å². The van der Waals surface area contributed by atoms with Crippen molar-refractivity contribution in [1.29, 1.82) is 0 Å². The molecular weight excluding hydrogens is 240 g/mol. The summed E-state index contributed by atoms with van der Waals surface area (Å²) in [6.45, 7) is 8.15. The minimum Gasteiger partial charge on any atom is -0.409 e. The van der Waals surface area contributed by atoms with Gasteiger partial charge in [0.25, 0.3) is 0 Å². The van der Waals surface area contributed by atoms with Crippen LogP contribution in [0.25, 0.3) is 0 Å². The second kappa shape index (κ2) is 6.41. The molecule has 0 aliphatic heterocycles. The van der Waals surface area contributed by atoms with Crippen LogP contribution in [0, 0.1) is 13.8 Å². The van der Waals surface area contributed by atoms with Crippen molar-refractivity contribution in [2.45, 2.75) is 46.6 Å². The van der Waals surface area contributed by atoms with E-state index in [2.05, 4.69) is 28.9 Å². The van der Waals surface area contributed by atoms with E-state index < -0.39 is 0 Å². The van der Waals surface area contributed by atoms with Crippen LogP contribution in [0.4, 0.5) is 5.69 Å². The molecule has 1 heterocycles. The summed E-state index contributed by atoms with van der Waals surface area (Å²) in [5, 5.41) is 12.1. The number of aromatic nitrogens is 1. The molecule has 19 heavy (non-hydrogen) atoms. The molecule has 106 valence electrons. The number of oxime groups is 1. The van der Waals surface area contributed by atoms with E-state index in [0.29, 0.717) is 11.6 Å². The first-order valence-corrected chi connectivity index (χ1v) is 6.65. The summed E-state index contributed by atoms with van der Waals surface area (Å²) in [4.78, 5) is 6.59. The minimum absolute atomic E-state index is 0.109. The number of pyridine rings is 1. The van der Waals surface area contributed by atoms with Crippen LogP contribution in [-0.2, 0) is 0 Å². The van der Waals surface area contributed by atoms with E-state index in [-0.39, 0.29) is 5.84 Å². The average molecular weight is 264 g/mol. The predicted octanol–water partition coefficient (Wildman–Crippen LogP) is 2.42. The molecule has 0 aromatic carbocycles. The highest BCUT2D eigenvalue weighted by Gasteiger charge is 2.19. The Hall–Kier alpha value is -1.78. The maximum atomic E-state index is 8.96. The monoisotopic (exact) mass is 264 g/mol. The Morgan fingerprint density at radius 2 is 2.00 bits per heavy atom. The maximum Gasteiger partial charge on any atom is 0.174 e. The first kappa shape index (κ1) is 15.3. The Bertz CT molecular complexity index is 467. The number of nitrogens with two attached hydrogens (primary N) is 1. The summed E-state index contributed by atoms with van der Waals surface area (Å²) in [7, 11) is 2.04. The minimum atomic E-state index is 0.109. The van der Waals surface area contributed by atoms with Crippen molar-refractivity contribution in [2.75, 3.05) is 11.9 Å². The van der Waals surface area contributed by atoms with E-state index in [0.717, 1.165) is 29.9 Å². The van der Waals surface area contributed by atoms with Gasteiger partial charge in [-0.05, 0) is 32.8 Å². The smallest absolute Gasteiger partial charge is 0.174 e. The SMILES string of the molecule is CCC(CC)N(C)c1cc(C)nc(C)c1/C(N)=N/O. The van der Waals surface area contributed by atoms with Crippen LogP contribution in [0.15, 0.2) is 11.2 Å². The number of nitrogens with zero attached hydrogens (tertiary/aromatic N) is 3. The summed E-state index contributed by atoms with van der Waals surface area (Å²) in [6.07, 6.45) is 2.09. The molecule has 0 spiro atoms. The van der Waals surface area contributed by atoms with Gasteiger partial charge in [-0.3, -0.25) is 4.98 Å². The molecule has 0 bridgehead atoms. The molecule has 0 aliphatic rings. The van der Waals surface area contributed by atoms with Crippen molar-refractivity contribution in [1.82, 2.24) is 4.98 Å². The van der Waals surface area contributed by atoms with Crippen LogP contribution in [0.1, 0.15) is 43.6 Å². The number of aryl methyl sites for hydroxylation is 2. The van der Waals surface area contributed by atoms with Crippen LogP contribution in [-0.4, -0.2) is 29.1 Å². The summed E-state index contributed by atoms with van der Waals surface area (Å²) in [5.41, 5.74) is 9.19. The Kier molecular flexibility index (Phi) is 5.15. The fourth-order valence-electron chi connectivity index (χ4n) is 2.49. The fraction of sp³-hybridized carbons (Fsp3) is 0.571. The molecule has 1 aromatic rings. The lowest BCUT2D eigenvalue weighted by Crippen LogP contribution is -2.33. The Balaban J connectivity index is 3.40. The lowest BCUT2D eigenvalue weighted by molar-refractivity contribution is 0.318. The summed E-state index contributed by atoms with van der Waals surface area (Å²) in [6, 6.07) is 2.41. The second-order valence-electron chi connectivity index (χ2n) is 4.81. The van der Waals surface area contributed by atoms with Crippen LogP contribution >= 0.6 is 0 Å². The van der Waals surface area contributed by atoms with Crippen molar-refractivity contribution in [3.63, 3.8) is 0 Å². The Morgan fingerprint density at radius 1 is 1.42 bits per heavy atom. The van der Waals surface area contributed by atoms with E-state index >= 15 is 0 Å². The summed E-state index contributed by atoms with van der Waals surface area (Å²) >= 11 is 0. The van der Waals surface area contributed by atoms with Crippen LogP contribution in [0.3, 0.4) is 0 Å². The summed E-state index contributed by atoms with van der Waals surface area (Å²) in [5.74, 6) is 0.109. The van der Waals surface area contributed by atoms with Gasteiger partial charge < -0.3 is 15.8 Å². The van der Waals surface area contributed by atoms with Crippen molar-refractivity contribution in [2.24, 2.45) is 10.9 Å². The molecule has 0 unspecified atom stereocenters. The number of hydrogen-bond acceptors (Lipinski definition) is 4. The van der Waals surface area contributed by atoms with E-state index in [4.69, 9.17) is 10.9 Å². The number of amidine groups is 1. The van der Waals surface area contributed by atoms with Crippen molar-refractivity contribution in [3.05, 3.63) is 23.0 Å². The highest BCUT2D eigenvalue weighted by Crippen LogP contribution is 2.26. The Morgan fingerprint density at radius 3 is 2.47 bits per heavy atom. The molecular formula is C14H24N4O. The van der Waals surface area contributed by atoms with Gasteiger partial charge in [0.2, 0.25) is 0 Å². The third-order valence-corrected chi connectivity index (χ3v) is 3.54. The molecule has 0 saturated carbocycles. The predicted molar refractivity (Wildman–Crippen MR) is 79.0 cm³/mol. The van der Waals surface area contributed by atoms with Crippen molar-refractivity contribution < 1.29 is 5.21 Å². The molecule has 1 rings (SSSR count). The lowest BCUT2D eigenvalue weighted by Gasteiger charge is -2.30. The van der Waals surface area contributed by atoms with Gasteiger partial charge in [-0.25, -0.2) is 0 Å². The quantitative estimate of drug-likeness (QED) is 0.371. The topological polar surface area (TPSA) is 74.7 Å².